The predicted molar refractivity (Wildman–Crippen MR) is 72.1 cm³/mol. The summed E-state index contributed by atoms with van der Waals surface area (Å²) in [5.41, 5.74) is 5.47. The summed E-state index contributed by atoms with van der Waals surface area (Å²) in [5, 5.41) is 0. The van der Waals surface area contributed by atoms with Crippen molar-refractivity contribution in [3.63, 3.8) is 0 Å². The van der Waals surface area contributed by atoms with Gasteiger partial charge in [-0.05, 0) is 6.42 Å². The molecule has 0 aromatic carbocycles. The monoisotopic (exact) mass is 288 g/mol. The third-order valence-corrected chi connectivity index (χ3v) is 4.98. The van der Waals surface area contributed by atoms with Crippen LogP contribution in [0.15, 0.2) is 0 Å². The van der Waals surface area contributed by atoms with Gasteiger partial charge in [-0.2, -0.15) is 0 Å². The van der Waals surface area contributed by atoms with E-state index in [4.69, 9.17) is 16.9 Å². The van der Waals surface area contributed by atoms with Crippen LogP contribution in [0.2, 0.25) is 0 Å². The molecule has 1 fully saturated rings. The second-order valence-corrected chi connectivity index (χ2v) is 6.81. The molecule has 0 saturated carbocycles. The molecule has 0 aromatic heterocycles. The van der Waals surface area contributed by atoms with Crippen molar-refractivity contribution in [3.05, 3.63) is 0 Å². The molecule has 1 saturated heterocycles. The van der Waals surface area contributed by atoms with Gasteiger partial charge >= 0.3 is 0 Å². The highest BCUT2D eigenvalue weighted by Crippen LogP contribution is 2.18. The zero-order valence-corrected chi connectivity index (χ0v) is 11.9. The smallest absolute Gasteiger partial charge is 0.226 e. The van der Waals surface area contributed by atoms with Crippen molar-refractivity contribution < 1.29 is 17.9 Å². The van der Waals surface area contributed by atoms with E-state index in [1.165, 1.54) is 12.0 Å². The van der Waals surface area contributed by atoms with Crippen molar-refractivity contribution in [1.82, 2.24) is 4.90 Å². The van der Waals surface area contributed by atoms with Crippen molar-refractivity contribution in [3.8, 4) is 12.3 Å². The van der Waals surface area contributed by atoms with Crippen LogP contribution in [-0.4, -0.2) is 63.1 Å². The van der Waals surface area contributed by atoms with Gasteiger partial charge in [-0.3, -0.25) is 4.79 Å². The molecule has 1 amide bonds. The van der Waals surface area contributed by atoms with Crippen LogP contribution in [0.25, 0.3) is 0 Å². The van der Waals surface area contributed by atoms with Gasteiger partial charge in [0.2, 0.25) is 5.91 Å². The van der Waals surface area contributed by atoms with Crippen LogP contribution in [0.4, 0.5) is 0 Å². The molecule has 0 aliphatic carbocycles. The van der Waals surface area contributed by atoms with Crippen LogP contribution >= 0.6 is 0 Å². The molecule has 0 aromatic rings. The zero-order valence-electron chi connectivity index (χ0n) is 11.0. The number of hydrogen-bond acceptors (Lipinski definition) is 5. The molecular formula is C12H20N2O4S. The fraction of sp³-hybridized carbons (Fsp3) is 0.750. The summed E-state index contributed by atoms with van der Waals surface area (Å²) in [6.45, 7) is 0.342. The first-order valence-corrected chi connectivity index (χ1v) is 7.92. The molecule has 6 nitrogen and oxygen atoms in total. The number of rotatable bonds is 6. The van der Waals surface area contributed by atoms with Gasteiger partial charge in [-0.15, -0.1) is 6.42 Å². The lowest BCUT2D eigenvalue weighted by atomic mass is 10.1. The third kappa shape index (κ3) is 4.49. The van der Waals surface area contributed by atoms with Crippen molar-refractivity contribution in [1.29, 1.82) is 0 Å². The summed E-state index contributed by atoms with van der Waals surface area (Å²) >= 11 is 0. The Labute approximate surface area is 114 Å². The minimum absolute atomic E-state index is 0.0132. The normalized spacial score (nSPS) is 22.7. The first-order chi connectivity index (χ1) is 8.93. The van der Waals surface area contributed by atoms with Crippen LogP contribution in [-0.2, 0) is 19.4 Å². The number of nitrogens with two attached hydrogens (primary N) is 1. The second kappa shape index (κ2) is 6.89. The zero-order chi connectivity index (χ0) is 14.5. The van der Waals surface area contributed by atoms with Crippen LogP contribution in [0, 0.1) is 12.3 Å². The first-order valence-electron chi connectivity index (χ1n) is 6.09. The number of nitrogens with zero attached hydrogens (tertiary/aromatic N) is 1. The molecule has 1 heterocycles. The summed E-state index contributed by atoms with van der Waals surface area (Å²) in [7, 11) is -1.57. The van der Waals surface area contributed by atoms with Gasteiger partial charge in [0.1, 0.15) is 0 Å². The summed E-state index contributed by atoms with van der Waals surface area (Å²) in [5.74, 6) is 2.28. The van der Waals surface area contributed by atoms with E-state index in [0.717, 1.165) is 0 Å². The number of amides is 1. The van der Waals surface area contributed by atoms with Crippen molar-refractivity contribution in [2.24, 2.45) is 5.73 Å². The van der Waals surface area contributed by atoms with Crippen LogP contribution in [0.1, 0.15) is 12.8 Å². The molecule has 19 heavy (non-hydrogen) atoms. The lowest BCUT2D eigenvalue weighted by Gasteiger charge is -2.27. The molecule has 0 spiro atoms. The Morgan fingerprint density at radius 2 is 2.32 bits per heavy atom. The number of hydrogen-bond donors (Lipinski definition) is 1. The summed E-state index contributed by atoms with van der Waals surface area (Å²) in [4.78, 5) is 13.6. The summed E-state index contributed by atoms with van der Waals surface area (Å²) in [6, 6.07) is -0.330. The highest BCUT2D eigenvalue weighted by atomic mass is 32.2. The number of carbonyl (C=O) groups excluding carboxylic acids is 1. The average molecular weight is 288 g/mol. The van der Waals surface area contributed by atoms with Gasteiger partial charge in [0, 0.05) is 19.7 Å². The van der Waals surface area contributed by atoms with Gasteiger partial charge < -0.3 is 15.4 Å². The maximum atomic E-state index is 12.2. The third-order valence-electron chi connectivity index (χ3n) is 3.23. The number of methoxy groups -OCH3 is 1. The maximum absolute atomic E-state index is 12.2. The molecule has 2 atom stereocenters. The summed E-state index contributed by atoms with van der Waals surface area (Å²) < 4.78 is 28.0. The number of carbonyl (C=O) groups is 1. The maximum Gasteiger partial charge on any atom is 0.226 e. The lowest BCUT2D eigenvalue weighted by molar-refractivity contribution is -0.134. The van der Waals surface area contributed by atoms with Crippen LogP contribution in [0.3, 0.4) is 0 Å². The van der Waals surface area contributed by atoms with E-state index in [9.17, 15) is 13.2 Å². The fourth-order valence-corrected chi connectivity index (χ4v) is 3.85. The highest BCUT2D eigenvalue weighted by Gasteiger charge is 2.34. The predicted octanol–water partition coefficient (Wildman–Crippen LogP) is -1.00. The van der Waals surface area contributed by atoms with E-state index in [0.29, 0.717) is 6.42 Å². The van der Waals surface area contributed by atoms with E-state index < -0.39 is 9.84 Å². The van der Waals surface area contributed by atoms with Gasteiger partial charge in [-0.1, -0.05) is 5.92 Å². The fourth-order valence-electron chi connectivity index (χ4n) is 2.12. The number of ether oxygens (including phenoxy) is 1. The molecule has 1 rings (SSSR count). The van der Waals surface area contributed by atoms with E-state index in [1.54, 1.807) is 0 Å². The minimum Gasteiger partial charge on any atom is -0.380 e. The Hall–Kier alpha value is -1.10. The van der Waals surface area contributed by atoms with Gasteiger partial charge in [0.05, 0.1) is 30.6 Å². The molecule has 1 aliphatic heterocycles. The van der Waals surface area contributed by atoms with Gasteiger partial charge in [0.15, 0.2) is 9.84 Å². The Morgan fingerprint density at radius 1 is 1.63 bits per heavy atom. The van der Waals surface area contributed by atoms with Crippen molar-refractivity contribution in [2.75, 3.05) is 31.7 Å². The Balaban J connectivity index is 2.72. The molecule has 108 valence electrons. The lowest BCUT2D eigenvalue weighted by Crippen LogP contribution is -2.43. The Morgan fingerprint density at radius 3 is 2.74 bits per heavy atom. The molecule has 7 heteroatoms. The van der Waals surface area contributed by atoms with Gasteiger partial charge in [-0.25, -0.2) is 8.42 Å². The van der Waals surface area contributed by atoms with Crippen molar-refractivity contribution in [2.45, 2.75) is 25.0 Å². The van der Waals surface area contributed by atoms with E-state index in [2.05, 4.69) is 5.92 Å². The first kappa shape index (κ1) is 16.0. The molecule has 0 radical (unpaired) electrons. The Kier molecular flexibility index (Phi) is 5.79. The average Bonchev–Trinajstić information content (AvgIpc) is 2.72. The number of terminal acetylenes is 1. The van der Waals surface area contributed by atoms with E-state index in [-0.39, 0.29) is 49.1 Å². The quantitative estimate of drug-likeness (QED) is 0.633. The Bertz CT molecular complexity index is 451. The van der Waals surface area contributed by atoms with Crippen molar-refractivity contribution >= 4 is 15.7 Å². The molecule has 0 bridgehead atoms. The van der Waals surface area contributed by atoms with Crippen LogP contribution in [0.5, 0.6) is 0 Å². The minimum atomic E-state index is -3.05. The van der Waals surface area contributed by atoms with Gasteiger partial charge in [0.25, 0.3) is 0 Å². The number of sulfone groups is 1. The SMILES string of the molecule is C#CCN(C(=O)CC(CN)OC)C1CCS(=O)(=O)C1. The molecule has 2 N–H and O–H groups in total. The molecular weight excluding hydrogens is 268 g/mol. The second-order valence-electron chi connectivity index (χ2n) is 4.58. The largest absolute Gasteiger partial charge is 0.380 e. The molecule has 2 unspecified atom stereocenters. The topological polar surface area (TPSA) is 89.7 Å². The standard InChI is InChI=1S/C12H20N2O4S/c1-3-5-14(10-4-6-19(16,17)9-10)12(15)7-11(8-13)18-2/h1,10-11H,4-9,13H2,2H3. The van der Waals surface area contributed by atoms with E-state index >= 15 is 0 Å². The van der Waals surface area contributed by atoms with E-state index in [1.807, 2.05) is 0 Å². The van der Waals surface area contributed by atoms with Crippen LogP contribution < -0.4 is 5.73 Å². The molecule has 1 aliphatic rings. The summed E-state index contributed by atoms with van der Waals surface area (Å²) in [6.07, 6.45) is 5.44. The highest BCUT2D eigenvalue weighted by molar-refractivity contribution is 7.91.